The molecule has 0 unspecified atom stereocenters. The quantitative estimate of drug-likeness (QED) is 0.306. The molecule has 0 atom stereocenters. The second-order valence-electron chi connectivity index (χ2n) is 1.29. The lowest BCUT2D eigenvalue weighted by molar-refractivity contribution is -0.107. The highest BCUT2D eigenvalue weighted by molar-refractivity contribution is 5.79. The SMILES string of the molecule is N#C/C(C=O)=C\CC=O. The molecule has 0 fully saturated rings. The topological polar surface area (TPSA) is 57.9 Å². The van der Waals surface area contributed by atoms with E-state index in [9.17, 15) is 9.59 Å². The molecule has 9 heavy (non-hydrogen) atoms. The van der Waals surface area contributed by atoms with Gasteiger partial charge < -0.3 is 4.79 Å². The monoisotopic (exact) mass is 123 g/mol. The first kappa shape index (κ1) is 7.57. The molecule has 0 aliphatic heterocycles. The van der Waals surface area contributed by atoms with E-state index in [0.29, 0.717) is 12.6 Å². The molecule has 3 heteroatoms. The molecule has 0 spiro atoms. The fourth-order valence-electron chi connectivity index (χ4n) is 0.295. The minimum absolute atomic E-state index is 0.00194. The minimum Gasteiger partial charge on any atom is -0.303 e. The van der Waals surface area contributed by atoms with E-state index in [1.54, 1.807) is 6.07 Å². The van der Waals surface area contributed by atoms with E-state index in [0.717, 1.165) is 0 Å². The largest absolute Gasteiger partial charge is 0.303 e. The van der Waals surface area contributed by atoms with Gasteiger partial charge in [-0.1, -0.05) is 6.08 Å². The Morgan fingerprint density at radius 1 is 1.56 bits per heavy atom. The van der Waals surface area contributed by atoms with Gasteiger partial charge >= 0.3 is 0 Å². The molecule has 0 aliphatic carbocycles. The van der Waals surface area contributed by atoms with Gasteiger partial charge in [0.1, 0.15) is 12.4 Å². The second kappa shape index (κ2) is 4.72. The van der Waals surface area contributed by atoms with Crippen LogP contribution in [0.1, 0.15) is 6.42 Å². The van der Waals surface area contributed by atoms with Crippen molar-refractivity contribution < 1.29 is 9.59 Å². The van der Waals surface area contributed by atoms with Crippen molar-refractivity contribution in [3.63, 3.8) is 0 Å². The van der Waals surface area contributed by atoms with Crippen molar-refractivity contribution in [1.29, 1.82) is 5.26 Å². The van der Waals surface area contributed by atoms with Crippen LogP contribution in [0.25, 0.3) is 0 Å². The van der Waals surface area contributed by atoms with Crippen LogP contribution in [0.15, 0.2) is 11.6 Å². The first-order valence-electron chi connectivity index (χ1n) is 2.34. The van der Waals surface area contributed by atoms with Gasteiger partial charge in [-0.2, -0.15) is 5.26 Å². The highest BCUT2D eigenvalue weighted by Crippen LogP contribution is 1.86. The molecule has 0 saturated heterocycles. The van der Waals surface area contributed by atoms with Gasteiger partial charge in [0.2, 0.25) is 0 Å². The molecule has 0 aromatic carbocycles. The zero-order valence-electron chi connectivity index (χ0n) is 4.70. The maximum Gasteiger partial charge on any atom is 0.160 e. The van der Waals surface area contributed by atoms with Crippen molar-refractivity contribution in [3.05, 3.63) is 11.6 Å². The lowest BCUT2D eigenvalue weighted by atomic mass is 10.3. The smallest absolute Gasteiger partial charge is 0.160 e. The molecular formula is C6H5NO2. The summed E-state index contributed by atoms with van der Waals surface area (Å²) < 4.78 is 0. The molecule has 0 N–H and O–H groups in total. The number of nitriles is 1. The van der Waals surface area contributed by atoms with Crippen LogP contribution in [0.5, 0.6) is 0 Å². The molecule has 0 aromatic rings. The van der Waals surface area contributed by atoms with Crippen molar-refractivity contribution >= 4 is 12.6 Å². The molecule has 0 bridgehead atoms. The summed E-state index contributed by atoms with van der Waals surface area (Å²) in [4.78, 5) is 19.5. The van der Waals surface area contributed by atoms with Gasteiger partial charge in [0, 0.05) is 6.42 Å². The van der Waals surface area contributed by atoms with Gasteiger partial charge in [-0.25, -0.2) is 0 Å². The second-order valence-corrected chi connectivity index (χ2v) is 1.29. The molecule has 0 aliphatic rings. The van der Waals surface area contributed by atoms with Crippen LogP contribution < -0.4 is 0 Å². The number of hydrogen-bond donors (Lipinski definition) is 0. The van der Waals surface area contributed by atoms with E-state index in [4.69, 9.17) is 5.26 Å². The maximum atomic E-state index is 9.84. The summed E-state index contributed by atoms with van der Waals surface area (Å²) in [5.41, 5.74) is 0.00194. The normalized spacial score (nSPS) is 9.89. The molecular weight excluding hydrogens is 118 g/mol. The fourth-order valence-corrected chi connectivity index (χ4v) is 0.295. The first-order valence-corrected chi connectivity index (χ1v) is 2.34. The molecule has 46 valence electrons. The van der Waals surface area contributed by atoms with E-state index in [1.807, 2.05) is 0 Å². The van der Waals surface area contributed by atoms with Crippen molar-refractivity contribution in [2.45, 2.75) is 6.42 Å². The predicted molar refractivity (Wildman–Crippen MR) is 30.4 cm³/mol. The Kier molecular flexibility index (Phi) is 3.97. The van der Waals surface area contributed by atoms with Crippen LogP contribution >= 0.6 is 0 Å². The third kappa shape index (κ3) is 3.18. The number of carbonyl (C=O) groups excluding carboxylic acids is 2. The van der Waals surface area contributed by atoms with Gasteiger partial charge in [-0.05, 0) is 0 Å². The molecule has 0 saturated carbocycles. The van der Waals surface area contributed by atoms with E-state index in [2.05, 4.69) is 0 Å². The zero-order valence-corrected chi connectivity index (χ0v) is 4.70. The summed E-state index contributed by atoms with van der Waals surface area (Å²) in [6.07, 6.45) is 2.45. The third-order valence-electron chi connectivity index (χ3n) is 0.690. The number of hydrogen-bond acceptors (Lipinski definition) is 3. The number of allylic oxidation sites excluding steroid dienone is 2. The van der Waals surface area contributed by atoms with Crippen molar-refractivity contribution in [2.75, 3.05) is 0 Å². The van der Waals surface area contributed by atoms with Crippen molar-refractivity contribution in [3.8, 4) is 6.07 Å². The number of rotatable bonds is 3. The van der Waals surface area contributed by atoms with E-state index >= 15 is 0 Å². The molecule has 0 amide bonds. The Bertz CT molecular complexity index is 176. The van der Waals surface area contributed by atoms with Crippen molar-refractivity contribution in [1.82, 2.24) is 0 Å². The first-order chi connectivity index (χ1) is 4.35. The summed E-state index contributed by atoms with van der Waals surface area (Å²) >= 11 is 0. The van der Waals surface area contributed by atoms with E-state index in [1.165, 1.54) is 6.08 Å². The summed E-state index contributed by atoms with van der Waals surface area (Å²) in [6, 6.07) is 1.62. The lowest BCUT2D eigenvalue weighted by Gasteiger charge is -1.76. The summed E-state index contributed by atoms with van der Waals surface area (Å²) in [6.45, 7) is 0. The molecule has 0 heterocycles. The van der Waals surface area contributed by atoms with Gasteiger partial charge in [-0.3, -0.25) is 4.79 Å². The van der Waals surface area contributed by atoms with Gasteiger partial charge in [0.25, 0.3) is 0 Å². The lowest BCUT2D eigenvalue weighted by Crippen LogP contribution is -1.79. The standard InChI is InChI=1S/C6H5NO2/c7-4-6(5-9)2-1-3-8/h2-3,5H,1H2/b6-2+. The van der Waals surface area contributed by atoms with Crippen LogP contribution in [0.4, 0.5) is 0 Å². The Hall–Kier alpha value is -1.43. The number of aldehydes is 2. The Morgan fingerprint density at radius 2 is 2.22 bits per heavy atom. The zero-order chi connectivity index (χ0) is 7.11. The maximum absolute atomic E-state index is 9.84. The molecule has 3 nitrogen and oxygen atoms in total. The number of carbonyl (C=O) groups is 2. The van der Waals surface area contributed by atoms with E-state index in [-0.39, 0.29) is 12.0 Å². The average Bonchev–Trinajstić information content (AvgIpc) is 1.91. The molecule has 0 radical (unpaired) electrons. The highest BCUT2D eigenvalue weighted by atomic mass is 16.1. The van der Waals surface area contributed by atoms with Crippen molar-refractivity contribution in [2.24, 2.45) is 0 Å². The fraction of sp³-hybridized carbons (Fsp3) is 0.167. The van der Waals surface area contributed by atoms with Crippen LogP contribution in [0.2, 0.25) is 0 Å². The highest BCUT2D eigenvalue weighted by Gasteiger charge is 1.87. The minimum atomic E-state index is 0.00194. The van der Waals surface area contributed by atoms with Crippen LogP contribution in [-0.2, 0) is 9.59 Å². The van der Waals surface area contributed by atoms with Gasteiger partial charge in [0.15, 0.2) is 6.29 Å². The Morgan fingerprint density at radius 3 is 2.56 bits per heavy atom. The predicted octanol–water partition coefficient (Wildman–Crippen LogP) is 0.224. The summed E-state index contributed by atoms with van der Waals surface area (Å²) in [5, 5.41) is 8.09. The van der Waals surface area contributed by atoms with Crippen LogP contribution in [0.3, 0.4) is 0 Å². The Labute approximate surface area is 52.6 Å². The summed E-state index contributed by atoms with van der Waals surface area (Å²) in [5.74, 6) is 0. The Balaban J connectivity index is 3.94. The molecule has 0 rings (SSSR count). The van der Waals surface area contributed by atoms with Gasteiger partial charge in [-0.15, -0.1) is 0 Å². The molecule has 0 aromatic heterocycles. The number of nitrogens with zero attached hydrogens (tertiary/aromatic N) is 1. The van der Waals surface area contributed by atoms with Crippen LogP contribution in [-0.4, -0.2) is 12.6 Å². The average molecular weight is 123 g/mol. The summed E-state index contributed by atoms with van der Waals surface area (Å²) in [7, 11) is 0. The van der Waals surface area contributed by atoms with Crippen LogP contribution in [0, 0.1) is 11.3 Å². The van der Waals surface area contributed by atoms with Gasteiger partial charge in [0.05, 0.1) is 5.57 Å². The third-order valence-corrected chi connectivity index (χ3v) is 0.690. The van der Waals surface area contributed by atoms with E-state index < -0.39 is 0 Å².